The molecule has 156 valence electrons. The van der Waals surface area contributed by atoms with E-state index in [1.54, 1.807) is 0 Å². The van der Waals surface area contributed by atoms with Crippen molar-refractivity contribution in [2.75, 3.05) is 19.6 Å². The number of likely N-dealkylation sites (tertiary alicyclic amines) is 1. The molecule has 2 heterocycles. The zero-order valence-corrected chi connectivity index (χ0v) is 18.0. The first-order valence-corrected chi connectivity index (χ1v) is 10.4. The van der Waals surface area contributed by atoms with Gasteiger partial charge in [-0.05, 0) is 37.5 Å². The topological polar surface area (TPSA) is 70.4 Å². The Morgan fingerprint density at radius 1 is 1.28 bits per heavy atom. The molecule has 29 heavy (non-hydrogen) atoms. The Bertz CT molecular complexity index is 820. The van der Waals surface area contributed by atoms with Crippen molar-refractivity contribution in [3.63, 3.8) is 0 Å². The number of aryl methyl sites for hydroxylation is 1. The SMILES string of the molecule is C=CCNC(=NCc1nnc(C)n1C)NC1CCN(Cc2ccc(Cl)cc2)CC1. The predicted molar refractivity (Wildman–Crippen MR) is 118 cm³/mol. The second-order valence-electron chi connectivity index (χ2n) is 7.38. The van der Waals surface area contributed by atoms with Crippen LogP contribution in [0, 0.1) is 6.92 Å². The van der Waals surface area contributed by atoms with Gasteiger partial charge in [0.25, 0.3) is 0 Å². The van der Waals surface area contributed by atoms with Gasteiger partial charge in [-0.25, -0.2) is 4.99 Å². The Morgan fingerprint density at radius 3 is 2.62 bits per heavy atom. The Hall–Kier alpha value is -2.38. The van der Waals surface area contributed by atoms with Crippen LogP contribution >= 0.6 is 11.6 Å². The third kappa shape index (κ3) is 6.30. The molecule has 1 fully saturated rings. The van der Waals surface area contributed by atoms with Crippen LogP contribution in [0.1, 0.15) is 30.1 Å². The summed E-state index contributed by atoms with van der Waals surface area (Å²) in [7, 11) is 1.96. The van der Waals surface area contributed by atoms with E-state index in [9.17, 15) is 0 Å². The van der Waals surface area contributed by atoms with Crippen LogP contribution < -0.4 is 10.6 Å². The molecule has 3 rings (SSSR count). The van der Waals surface area contributed by atoms with Crippen molar-refractivity contribution in [2.24, 2.45) is 12.0 Å². The summed E-state index contributed by atoms with van der Waals surface area (Å²) in [5.74, 6) is 2.53. The summed E-state index contributed by atoms with van der Waals surface area (Å²) in [6.45, 7) is 9.94. The van der Waals surface area contributed by atoms with Crippen LogP contribution in [0.2, 0.25) is 5.02 Å². The first kappa shape index (κ1) is 21.3. The maximum atomic E-state index is 5.98. The molecular weight excluding hydrogens is 386 g/mol. The van der Waals surface area contributed by atoms with E-state index in [2.05, 4.69) is 44.4 Å². The summed E-state index contributed by atoms with van der Waals surface area (Å²) in [6.07, 6.45) is 3.98. The van der Waals surface area contributed by atoms with E-state index in [-0.39, 0.29) is 0 Å². The van der Waals surface area contributed by atoms with E-state index in [1.165, 1.54) is 5.56 Å². The fourth-order valence-corrected chi connectivity index (χ4v) is 3.46. The lowest BCUT2D eigenvalue weighted by atomic mass is 10.0. The number of guanidine groups is 1. The number of piperidine rings is 1. The first-order chi connectivity index (χ1) is 14.0. The van der Waals surface area contributed by atoms with Crippen LogP contribution in [0.15, 0.2) is 41.9 Å². The number of aromatic nitrogens is 3. The van der Waals surface area contributed by atoms with Crippen LogP contribution in [0.25, 0.3) is 0 Å². The molecule has 0 radical (unpaired) electrons. The highest BCUT2D eigenvalue weighted by atomic mass is 35.5. The van der Waals surface area contributed by atoms with E-state index in [0.717, 1.165) is 55.1 Å². The zero-order valence-electron chi connectivity index (χ0n) is 17.2. The summed E-state index contributed by atoms with van der Waals surface area (Å²) in [4.78, 5) is 7.18. The van der Waals surface area contributed by atoms with E-state index < -0.39 is 0 Å². The van der Waals surface area contributed by atoms with Crippen molar-refractivity contribution in [3.8, 4) is 0 Å². The van der Waals surface area contributed by atoms with Crippen molar-refractivity contribution in [2.45, 2.75) is 38.9 Å². The summed E-state index contributed by atoms with van der Waals surface area (Å²) in [5, 5.41) is 15.9. The minimum absolute atomic E-state index is 0.397. The number of nitrogens with one attached hydrogen (secondary N) is 2. The predicted octanol–water partition coefficient (Wildman–Crippen LogP) is 2.66. The van der Waals surface area contributed by atoms with Crippen molar-refractivity contribution in [3.05, 3.63) is 59.2 Å². The second-order valence-corrected chi connectivity index (χ2v) is 7.81. The monoisotopic (exact) mass is 415 g/mol. The van der Waals surface area contributed by atoms with Crippen LogP contribution in [0.3, 0.4) is 0 Å². The Labute approximate surface area is 177 Å². The molecule has 8 heteroatoms. The molecule has 0 spiro atoms. The molecular formula is C21H30ClN7. The molecule has 0 atom stereocenters. The molecule has 1 aliphatic rings. The summed E-state index contributed by atoms with van der Waals surface area (Å²) in [6, 6.07) is 8.51. The molecule has 0 amide bonds. The van der Waals surface area contributed by atoms with Gasteiger partial charge in [-0.15, -0.1) is 16.8 Å². The fraction of sp³-hybridized carbons (Fsp3) is 0.476. The Kier molecular flexibility index (Phi) is 7.66. The first-order valence-electron chi connectivity index (χ1n) is 10.0. The second kappa shape index (κ2) is 10.4. The third-order valence-electron chi connectivity index (χ3n) is 5.22. The van der Waals surface area contributed by atoms with Gasteiger partial charge in [-0.3, -0.25) is 4.90 Å². The minimum atomic E-state index is 0.397. The highest BCUT2D eigenvalue weighted by molar-refractivity contribution is 6.30. The molecule has 2 N–H and O–H groups in total. The van der Waals surface area contributed by atoms with Crippen molar-refractivity contribution in [1.82, 2.24) is 30.3 Å². The molecule has 0 aliphatic carbocycles. The third-order valence-corrected chi connectivity index (χ3v) is 5.48. The molecule has 1 saturated heterocycles. The Balaban J connectivity index is 1.52. The molecule has 0 unspecified atom stereocenters. The molecule has 1 aromatic heterocycles. The van der Waals surface area contributed by atoms with Gasteiger partial charge < -0.3 is 15.2 Å². The van der Waals surface area contributed by atoms with Crippen molar-refractivity contribution < 1.29 is 0 Å². The number of hydrogen-bond acceptors (Lipinski definition) is 4. The summed E-state index contributed by atoms with van der Waals surface area (Å²) >= 11 is 5.98. The lowest BCUT2D eigenvalue weighted by molar-refractivity contribution is 0.198. The van der Waals surface area contributed by atoms with Crippen molar-refractivity contribution >= 4 is 17.6 Å². The molecule has 0 saturated carbocycles. The molecule has 2 aromatic rings. The smallest absolute Gasteiger partial charge is 0.192 e. The van der Waals surface area contributed by atoms with Gasteiger partial charge in [0.15, 0.2) is 11.8 Å². The number of nitrogens with zero attached hydrogens (tertiary/aromatic N) is 5. The average molecular weight is 416 g/mol. The summed E-state index contributed by atoms with van der Waals surface area (Å²) in [5.41, 5.74) is 1.30. The van der Waals surface area contributed by atoms with Crippen LogP contribution in [-0.2, 0) is 20.1 Å². The van der Waals surface area contributed by atoms with Gasteiger partial charge >= 0.3 is 0 Å². The van der Waals surface area contributed by atoms with Gasteiger partial charge in [0.05, 0.1) is 0 Å². The Morgan fingerprint density at radius 2 is 2.00 bits per heavy atom. The van der Waals surface area contributed by atoms with Crippen molar-refractivity contribution in [1.29, 1.82) is 0 Å². The number of benzene rings is 1. The van der Waals surface area contributed by atoms with Crippen LogP contribution in [0.5, 0.6) is 0 Å². The minimum Gasteiger partial charge on any atom is -0.354 e. The normalized spacial score (nSPS) is 16.0. The van der Waals surface area contributed by atoms with Gasteiger partial charge in [0, 0.05) is 44.3 Å². The highest BCUT2D eigenvalue weighted by Gasteiger charge is 2.20. The van der Waals surface area contributed by atoms with E-state index in [4.69, 9.17) is 16.6 Å². The maximum Gasteiger partial charge on any atom is 0.192 e. The zero-order chi connectivity index (χ0) is 20.6. The highest BCUT2D eigenvalue weighted by Crippen LogP contribution is 2.16. The van der Waals surface area contributed by atoms with Gasteiger partial charge in [0.1, 0.15) is 12.4 Å². The quantitative estimate of drug-likeness (QED) is 0.413. The fourth-order valence-electron chi connectivity index (χ4n) is 3.34. The van der Waals surface area contributed by atoms with Gasteiger partial charge in [0.2, 0.25) is 0 Å². The number of aliphatic imine (C=N–C) groups is 1. The average Bonchev–Trinajstić information content (AvgIpc) is 3.05. The standard InChI is InChI=1S/C21H30ClN7/c1-4-11-23-21(24-14-20-27-26-16(2)28(20)3)25-19-9-12-29(13-10-19)15-17-5-7-18(22)8-6-17/h4-8,19H,1,9-15H2,2-3H3,(H2,23,24,25). The summed E-state index contributed by atoms with van der Waals surface area (Å²) < 4.78 is 1.96. The van der Waals surface area contributed by atoms with E-state index in [0.29, 0.717) is 19.1 Å². The number of hydrogen-bond donors (Lipinski definition) is 2. The lowest BCUT2D eigenvalue weighted by Gasteiger charge is -2.33. The number of halogens is 1. The molecule has 1 aliphatic heterocycles. The lowest BCUT2D eigenvalue weighted by Crippen LogP contribution is -2.48. The van der Waals surface area contributed by atoms with Crippen LogP contribution in [0.4, 0.5) is 0 Å². The van der Waals surface area contributed by atoms with Gasteiger partial charge in [-0.1, -0.05) is 29.8 Å². The van der Waals surface area contributed by atoms with E-state index >= 15 is 0 Å². The molecule has 0 bridgehead atoms. The molecule has 7 nitrogen and oxygen atoms in total. The van der Waals surface area contributed by atoms with E-state index in [1.807, 2.05) is 36.7 Å². The largest absolute Gasteiger partial charge is 0.354 e. The van der Waals surface area contributed by atoms with Crippen LogP contribution in [-0.4, -0.2) is 51.3 Å². The maximum absolute atomic E-state index is 5.98. The molecule has 1 aromatic carbocycles. The number of rotatable bonds is 7. The van der Waals surface area contributed by atoms with Gasteiger partial charge in [-0.2, -0.15) is 0 Å².